The van der Waals surface area contributed by atoms with Gasteiger partial charge in [-0.1, -0.05) is 20.8 Å². The van der Waals surface area contributed by atoms with Gasteiger partial charge in [0, 0.05) is 12.3 Å². The van der Waals surface area contributed by atoms with E-state index in [-0.39, 0.29) is 15.4 Å². The Labute approximate surface area is 104 Å². The van der Waals surface area contributed by atoms with Crippen LogP contribution >= 0.6 is 0 Å². The van der Waals surface area contributed by atoms with E-state index in [9.17, 15) is 0 Å². The molecule has 0 aromatic rings. The first-order valence-corrected chi connectivity index (χ1v) is 8.29. The van der Waals surface area contributed by atoms with Crippen LogP contribution in [-0.4, -0.2) is 27.6 Å². The molecule has 0 N–H and O–H groups in total. The van der Waals surface area contributed by atoms with Gasteiger partial charge in [-0.15, -0.1) is 0 Å². The Morgan fingerprint density at radius 1 is 1.25 bits per heavy atom. The average molecular weight is 243 g/mol. The van der Waals surface area contributed by atoms with E-state index >= 15 is 0 Å². The molecular weight excluding hydrogens is 214 g/mol. The van der Waals surface area contributed by atoms with E-state index in [0.29, 0.717) is 0 Å². The summed E-state index contributed by atoms with van der Waals surface area (Å²) >= 11 is 0. The Hall–Kier alpha value is -0.153. The van der Waals surface area contributed by atoms with Crippen LogP contribution in [0.25, 0.3) is 0 Å². The zero-order chi connectivity index (χ0) is 12.4. The number of aliphatic imine (C=N–C) groups is 1. The van der Waals surface area contributed by atoms with Crippen molar-refractivity contribution in [3.63, 3.8) is 0 Å². The van der Waals surface area contributed by atoms with Gasteiger partial charge in [-0.3, -0.25) is 4.99 Å². The molecule has 0 aliphatic heterocycles. The summed E-state index contributed by atoms with van der Waals surface area (Å²) in [6.45, 7) is 11.9. The quantitative estimate of drug-likeness (QED) is 0.346. The maximum atomic E-state index is 6.05. The largest absolute Gasteiger partial charge is 0.419 e. The lowest BCUT2D eigenvalue weighted by atomic mass is 10.0. The third-order valence-corrected chi connectivity index (χ3v) is 5.08. The van der Waals surface area contributed by atoms with Gasteiger partial charge in [0.15, 0.2) is 9.76 Å². The van der Waals surface area contributed by atoms with Gasteiger partial charge in [0.2, 0.25) is 0 Å². The maximum Gasteiger partial charge on any atom is 0.162 e. The van der Waals surface area contributed by atoms with Crippen LogP contribution in [0.4, 0.5) is 0 Å². The molecule has 16 heavy (non-hydrogen) atoms. The highest BCUT2D eigenvalue weighted by atomic mass is 28.2. The molecule has 3 heteroatoms. The second kappa shape index (κ2) is 8.94. The second-order valence-electron chi connectivity index (χ2n) is 4.68. The SMILES string of the molecule is CCC(C)=NCCC[SiH2]OC(C)(CC)CC. The lowest BCUT2D eigenvalue weighted by Crippen LogP contribution is -2.28. The summed E-state index contributed by atoms with van der Waals surface area (Å²) < 4.78 is 6.05. The lowest BCUT2D eigenvalue weighted by Gasteiger charge is -2.27. The molecule has 0 unspecified atom stereocenters. The van der Waals surface area contributed by atoms with Crippen molar-refractivity contribution in [2.75, 3.05) is 6.54 Å². The second-order valence-corrected chi connectivity index (χ2v) is 6.09. The molecule has 0 atom stereocenters. The van der Waals surface area contributed by atoms with Gasteiger partial charge in [0.05, 0.1) is 5.60 Å². The van der Waals surface area contributed by atoms with Gasteiger partial charge in [-0.25, -0.2) is 0 Å². The van der Waals surface area contributed by atoms with Crippen LogP contribution in [0.2, 0.25) is 6.04 Å². The molecule has 0 aliphatic rings. The summed E-state index contributed by atoms with van der Waals surface area (Å²) in [5.74, 6) is 0. The minimum absolute atomic E-state index is 0.148. The molecule has 0 aliphatic carbocycles. The van der Waals surface area contributed by atoms with Gasteiger partial charge in [0.1, 0.15) is 0 Å². The van der Waals surface area contributed by atoms with Crippen molar-refractivity contribution in [2.45, 2.75) is 71.9 Å². The van der Waals surface area contributed by atoms with E-state index in [1.807, 2.05) is 0 Å². The van der Waals surface area contributed by atoms with E-state index in [0.717, 1.165) is 25.8 Å². The van der Waals surface area contributed by atoms with Gasteiger partial charge < -0.3 is 4.43 Å². The first kappa shape index (κ1) is 15.8. The summed E-state index contributed by atoms with van der Waals surface area (Å²) in [6.07, 6.45) is 4.54. The van der Waals surface area contributed by atoms with Crippen molar-refractivity contribution in [2.24, 2.45) is 4.99 Å². The molecule has 0 fully saturated rings. The summed E-state index contributed by atoms with van der Waals surface area (Å²) in [5.41, 5.74) is 1.42. The maximum absolute atomic E-state index is 6.05. The molecule has 0 aromatic heterocycles. The molecule has 0 saturated carbocycles. The minimum atomic E-state index is -0.335. The zero-order valence-electron chi connectivity index (χ0n) is 11.8. The summed E-state index contributed by atoms with van der Waals surface area (Å²) in [4.78, 5) is 4.50. The van der Waals surface area contributed by atoms with Crippen LogP contribution in [0.5, 0.6) is 0 Å². The van der Waals surface area contributed by atoms with Crippen LogP contribution in [0.3, 0.4) is 0 Å². The van der Waals surface area contributed by atoms with Gasteiger partial charge in [0.25, 0.3) is 0 Å². The van der Waals surface area contributed by atoms with E-state index in [4.69, 9.17) is 4.43 Å². The summed E-state index contributed by atoms with van der Waals surface area (Å²) in [5, 5.41) is 0. The molecule has 0 saturated heterocycles. The molecule has 2 nitrogen and oxygen atoms in total. The molecule has 0 radical (unpaired) electrons. The zero-order valence-corrected chi connectivity index (χ0v) is 13.2. The standard InChI is InChI=1S/C13H29NOSi/c1-6-12(4)14-10-9-11-16-15-13(5,7-2)8-3/h6-11,16H2,1-5H3. The van der Waals surface area contributed by atoms with Crippen LogP contribution in [0.15, 0.2) is 4.99 Å². The number of hydrogen-bond acceptors (Lipinski definition) is 2. The third-order valence-electron chi connectivity index (χ3n) is 3.39. The third kappa shape index (κ3) is 7.18. The highest BCUT2D eigenvalue weighted by molar-refractivity contribution is 6.27. The normalized spacial score (nSPS) is 13.9. The van der Waals surface area contributed by atoms with Crippen molar-refractivity contribution in [3.8, 4) is 0 Å². The molecular formula is C13H29NOSi. The highest BCUT2D eigenvalue weighted by Gasteiger charge is 2.18. The van der Waals surface area contributed by atoms with Crippen molar-refractivity contribution in [1.29, 1.82) is 0 Å². The van der Waals surface area contributed by atoms with Crippen molar-refractivity contribution in [3.05, 3.63) is 0 Å². The van der Waals surface area contributed by atoms with Crippen molar-refractivity contribution < 1.29 is 4.43 Å². The van der Waals surface area contributed by atoms with Gasteiger partial charge in [-0.2, -0.15) is 0 Å². The first-order chi connectivity index (χ1) is 7.58. The van der Waals surface area contributed by atoms with E-state index in [1.165, 1.54) is 18.2 Å². The lowest BCUT2D eigenvalue weighted by molar-refractivity contribution is 0.0851. The van der Waals surface area contributed by atoms with Gasteiger partial charge >= 0.3 is 0 Å². The molecule has 0 rings (SSSR count). The van der Waals surface area contributed by atoms with E-state index in [1.54, 1.807) is 0 Å². The Morgan fingerprint density at radius 3 is 2.38 bits per heavy atom. The fraction of sp³-hybridized carbons (Fsp3) is 0.923. The topological polar surface area (TPSA) is 21.6 Å². The van der Waals surface area contributed by atoms with Crippen molar-refractivity contribution >= 4 is 15.5 Å². The monoisotopic (exact) mass is 243 g/mol. The predicted octanol–water partition coefficient (Wildman–Crippen LogP) is 3.34. The van der Waals surface area contributed by atoms with E-state index < -0.39 is 0 Å². The van der Waals surface area contributed by atoms with E-state index in [2.05, 4.69) is 39.6 Å². The molecule has 0 aromatic carbocycles. The fourth-order valence-electron chi connectivity index (χ4n) is 1.37. The Bertz CT molecular complexity index is 200. The Balaban J connectivity index is 3.54. The van der Waals surface area contributed by atoms with Crippen molar-refractivity contribution in [1.82, 2.24) is 0 Å². The molecule has 0 bridgehead atoms. The van der Waals surface area contributed by atoms with Crippen LogP contribution in [-0.2, 0) is 4.43 Å². The summed E-state index contributed by atoms with van der Waals surface area (Å²) in [7, 11) is -0.335. The van der Waals surface area contributed by atoms with Crippen LogP contribution in [0, 0.1) is 0 Å². The highest BCUT2D eigenvalue weighted by Crippen LogP contribution is 2.18. The number of hydrogen-bond donors (Lipinski definition) is 0. The molecule has 0 spiro atoms. The number of nitrogens with zero attached hydrogens (tertiary/aromatic N) is 1. The summed E-state index contributed by atoms with van der Waals surface area (Å²) in [6, 6.07) is 1.26. The Kier molecular flexibility index (Phi) is 8.85. The fourth-order valence-corrected chi connectivity index (χ4v) is 2.84. The molecule has 0 amide bonds. The first-order valence-electron chi connectivity index (χ1n) is 6.71. The van der Waals surface area contributed by atoms with Gasteiger partial charge in [-0.05, 0) is 45.6 Å². The smallest absolute Gasteiger partial charge is 0.162 e. The minimum Gasteiger partial charge on any atom is -0.419 e. The molecule has 96 valence electrons. The van der Waals surface area contributed by atoms with Crippen LogP contribution in [0.1, 0.15) is 60.3 Å². The predicted molar refractivity (Wildman–Crippen MR) is 76.3 cm³/mol. The average Bonchev–Trinajstić information content (AvgIpc) is 2.32. The Morgan fingerprint density at radius 2 is 1.88 bits per heavy atom. The van der Waals surface area contributed by atoms with Crippen LogP contribution < -0.4 is 0 Å². The molecule has 0 heterocycles. The number of rotatable bonds is 9.